The standard InChI is InChI=1S/C18H21N3O6S/c1-9(21-16(24)10-4-2-3-5-11(10)17(21)25)18(26)27-8-13(22)20-15-12(14(19)23)6-7-28-15/h6-7,9-11H,2-5,8H2,1H3,(H2,19,23)(H,20,22)/t9-,10-,11-/m0/s1. The number of imide groups is 1. The number of hydrogen-bond donors (Lipinski definition) is 2. The quantitative estimate of drug-likeness (QED) is 0.531. The van der Waals surface area contributed by atoms with Crippen LogP contribution >= 0.6 is 11.3 Å². The number of likely N-dealkylation sites (tertiary alicyclic amines) is 1. The van der Waals surface area contributed by atoms with Gasteiger partial charge >= 0.3 is 5.97 Å². The molecule has 0 bridgehead atoms. The molecule has 2 fully saturated rings. The number of rotatable bonds is 6. The summed E-state index contributed by atoms with van der Waals surface area (Å²) in [6, 6.07) is 0.377. The van der Waals surface area contributed by atoms with Crippen LogP contribution in [0.1, 0.15) is 43.0 Å². The third-order valence-electron chi connectivity index (χ3n) is 5.13. The number of ether oxygens (including phenoxy) is 1. The molecule has 10 heteroatoms. The molecule has 9 nitrogen and oxygen atoms in total. The number of fused-ring (bicyclic) bond motifs is 1. The molecule has 3 atom stereocenters. The molecule has 3 N–H and O–H groups in total. The summed E-state index contributed by atoms with van der Waals surface area (Å²) >= 11 is 1.11. The molecule has 0 radical (unpaired) electrons. The number of primary amides is 1. The van der Waals surface area contributed by atoms with Gasteiger partial charge in [0, 0.05) is 0 Å². The van der Waals surface area contributed by atoms with E-state index in [1.54, 1.807) is 5.38 Å². The van der Waals surface area contributed by atoms with Crippen molar-refractivity contribution in [3.05, 3.63) is 17.0 Å². The van der Waals surface area contributed by atoms with Gasteiger partial charge < -0.3 is 15.8 Å². The monoisotopic (exact) mass is 407 g/mol. The van der Waals surface area contributed by atoms with Crippen LogP contribution in [0.5, 0.6) is 0 Å². The van der Waals surface area contributed by atoms with Crippen LogP contribution in [0.2, 0.25) is 0 Å². The number of carbonyl (C=O) groups excluding carboxylic acids is 5. The zero-order valence-electron chi connectivity index (χ0n) is 15.3. The van der Waals surface area contributed by atoms with Crippen molar-refractivity contribution in [3.63, 3.8) is 0 Å². The van der Waals surface area contributed by atoms with Crippen molar-refractivity contribution in [1.82, 2.24) is 4.90 Å². The second kappa shape index (κ2) is 8.09. The van der Waals surface area contributed by atoms with E-state index in [0.717, 1.165) is 29.1 Å². The van der Waals surface area contributed by atoms with Gasteiger partial charge in [-0.2, -0.15) is 0 Å². The predicted molar refractivity (Wildman–Crippen MR) is 99.2 cm³/mol. The molecule has 1 saturated heterocycles. The molecule has 0 spiro atoms. The lowest BCUT2D eigenvalue weighted by Gasteiger charge is -2.21. The molecule has 1 aliphatic carbocycles. The Bertz CT molecular complexity index is 811. The molecule has 1 aliphatic heterocycles. The molecular weight excluding hydrogens is 386 g/mol. The van der Waals surface area contributed by atoms with Crippen LogP contribution in [0.15, 0.2) is 11.4 Å². The molecule has 4 amide bonds. The Morgan fingerprint density at radius 1 is 1.25 bits per heavy atom. The Morgan fingerprint density at radius 2 is 1.86 bits per heavy atom. The van der Waals surface area contributed by atoms with Crippen molar-refractivity contribution in [1.29, 1.82) is 0 Å². The van der Waals surface area contributed by atoms with Gasteiger partial charge in [0.05, 0.1) is 17.4 Å². The summed E-state index contributed by atoms with van der Waals surface area (Å²) in [4.78, 5) is 61.6. The Labute approximate surface area is 165 Å². The highest BCUT2D eigenvalue weighted by Crippen LogP contribution is 2.38. The number of anilines is 1. The molecule has 2 aliphatic rings. The van der Waals surface area contributed by atoms with Crippen LogP contribution in [0.3, 0.4) is 0 Å². The number of nitrogens with zero attached hydrogens (tertiary/aromatic N) is 1. The Balaban J connectivity index is 1.56. The minimum atomic E-state index is -1.10. The van der Waals surface area contributed by atoms with Crippen LogP contribution < -0.4 is 11.1 Å². The number of nitrogens with one attached hydrogen (secondary N) is 1. The maximum atomic E-state index is 12.5. The smallest absolute Gasteiger partial charge is 0.329 e. The van der Waals surface area contributed by atoms with E-state index in [0.29, 0.717) is 12.8 Å². The normalized spacial score (nSPS) is 22.5. The van der Waals surface area contributed by atoms with Gasteiger partial charge in [-0.05, 0) is 31.2 Å². The average Bonchev–Trinajstić information content (AvgIpc) is 3.23. The maximum absolute atomic E-state index is 12.5. The van der Waals surface area contributed by atoms with Crippen molar-refractivity contribution >= 4 is 45.9 Å². The first-order chi connectivity index (χ1) is 13.3. The van der Waals surface area contributed by atoms with Crippen molar-refractivity contribution < 1.29 is 28.7 Å². The van der Waals surface area contributed by atoms with Crippen molar-refractivity contribution in [2.45, 2.75) is 38.6 Å². The Hall–Kier alpha value is -2.75. The first-order valence-corrected chi connectivity index (χ1v) is 9.90. The van der Waals surface area contributed by atoms with Gasteiger partial charge in [-0.1, -0.05) is 12.8 Å². The molecular formula is C18H21N3O6S. The fraction of sp³-hybridized carbons (Fsp3) is 0.500. The Morgan fingerprint density at radius 3 is 2.43 bits per heavy atom. The number of amides is 4. The second-order valence-corrected chi connectivity index (χ2v) is 7.82. The number of esters is 1. The van der Waals surface area contributed by atoms with Crippen molar-refractivity contribution in [2.75, 3.05) is 11.9 Å². The molecule has 2 heterocycles. The zero-order valence-corrected chi connectivity index (χ0v) is 16.1. The van der Waals surface area contributed by atoms with E-state index < -0.39 is 30.4 Å². The van der Waals surface area contributed by atoms with E-state index in [9.17, 15) is 24.0 Å². The highest BCUT2D eigenvalue weighted by Gasteiger charge is 2.51. The van der Waals surface area contributed by atoms with Gasteiger partial charge in [0.15, 0.2) is 6.61 Å². The predicted octanol–water partition coefficient (Wildman–Crippen LogP) is 0.892. The van der Waals surface area contributed by atoms with Crippen LogP contribution in [0.4, 0.5) is 5.00 Å². The fourth-order valence-corrected chi connectivity index (χ4v) is 4.50. The molecule has 28 heavy (non-hydrogen) atoms. The lowest BCUT2D eigenvalue weighted by molar-refractivity contribution is -0.159. The second-order valence-electron chi connectivity index (χ2n) is 6.90. The summed E-state index contributed by atoms with van der Waals surface area (Å²) in [6.07, 6.45) is 3.09. The SMILES string of the molecule is C[C@@H](C(=O)OCC(=O)Nc1sccc1C(N)=O)N1C(=O)[C@H]2CCCC[C@@H]2C1=O. The molecule has 0 unspecified atom stereocenters. The van der Waals surface area contributed by atoms with E-state index in [-0.39, 0.29) is 34.2 Å². The molecule has 0 aromatic carbocycles. The largest absolute Gasteiger partial charge is 0.454 e. The highest BCUT2D eigenvalue weighted by atomic mass is 32.1. The van der Waals surface area contributed by atoms with Gasteiger partial charge in [-0.25, -0.2) is 4.79 Å². The van der Waals surface area contributed by atoms with Crippen LogP contribution in [0, 0.1) is 11.8 Å². The maximum Gasteiger partial charge on any atom is 0.329 e. The van der Waals surface area contributed by atoms with Crippen LogP contribution in [-0.4, -0.2) is 47.1 Å². The van der Waals surface area contributed by atoms with Gasteiger partial charge in [-0.3, -0.25) is 24.1 Å². The van der Waals surface area contributed by atoms with E-state index in [1.165, 1.54) is 13.0 Å². The summed E-state index contributed by atoms with van der Waals surface area (Å²) < 4.78 is 4.97. The minimum Gasteiger partial charge on any atom is -0.454 e. The zero-order chi connectivity index (χ0) is 20.4. The number of nitrogens with two attached hydrogens (primary N) is 1. The lowest BCUT2D eigenvalue weighted by atomic mass is 9.81. The van der Waals surface area contributed by atoms with E-state index in [4.69, 9.17) is 10.5 Å². The number of thiophene rings is 1. The first-order valence-electron chi connectivity index (χ1n) is 9.02. The first kappa shape index (κ1) is 20.0. The minimum absolute atomic E-state index is 0.161. The summed E-state index contributed by atoms with van der Waals surface area (Å²) in [5.41, 5.74) is 5.36. The molecule has 150 valence electrons. The average molecular weight is 407 g/mol. The van der Waals surface area contributed by atoms with Crippen molar-refractivity contribution in [2.24, 2.45) is 17.6 Å². The van der Waals surface area contributed by atoms with Crippen molar-refractivity contribution in [3.8, 4) is 0 Å². The summed E-state index contributed by atoms with van der Waals surface area (Å²) in [5.74, 6) is -3.57. The van der Waals surface area contributed by atoms with Gasteiger partial charge in [0.25, 0.3) is 11.8 Å². The fourth-order valence-electron chi connectivity index (χ4n) is 3.70. The molecule has 1 aromatic rings. The van der Waals surface area contributed by atoms with Crippen LogP contribution in [-0.2, 0) is 23.9 Å². The number of carbonyl (C=O) groups is 5. The lowest BCUT2D eigenvalue weighted by Crippen LogP contribution is -2.45. The summed E-state index contributed by atoms with van der Waals surface area (Å²) in [5, 5.41) is 4.30. The molecule has 1 aromatic heterocycles. The van der Waals surface area contributed by atoms with Gasteiger partial charge in [0.2, 0.25) is 11.8 Å². The summed E-state index contributed by atoms with van der Waals surface area (Å²) in [7, 11) is 0. The van der Waals surface area contributed by atoms with Crippen LogP contribution in [0.25, 0.3) is 0 Å². The molecule has 3 rings (SSSR count). The van der Waals surface area contributed by atoms with E-state index >= 15 is 0 Å². The van der Waals surface area contributed by atoms with E-state index in [2.05, 4.69) is 5.32 Å². The third-order valence-corrected chi connectivity index (χ3v) is 5.96. The molecule has 1 saturated carbocycles. The highest BCUT2D eigenvalue weighted by molar-refractivity contribution is 7.14. The van der Waals surface area contributed by atoms with Gasteiger partial charge in [0.1, 0.15) is 11.0 Å². The topological polar surface area (TPSA) is 136 Å². The number of hydrogen-bond acceptors (Lipinski definition) is 7. The third kappa shape index (κ3) is 3.77. The summed E-state index contributed by atoms with van der Waals surface area (Å²) in [6.45, 7) is 0.806. The Kier molecular flexibility index (Phi) is 5.78. The van der Waals surface area contributed by atoms with Gasteiger partial charge in [-0.15, -0.1) is 11.3 Å². The van der Waals surface area contributed by atoms with E-state index in [1.807, 2.05) is 0 Å².